The monoisotopic (exact) mass is 329 g/mol. The third-order valence-corrected chi connectivity index (χ3v) is 4.59. The molecule has 0 aliphatic rings. The van der Waals surface area contributed by atoms with Gasteiger partial charge < -0.3 is 14.3 Å². The molecule has 3 aromatic rings. The smallest absolute Gasteiger partial charge is 0.293 e. The van der Waals surface area contributed by atoms with Gasteiger partial charge >= 0.3 is 0 Å². The summed E-state index contributed by atoms with van der Waals surface area (Å²) in [7, 11) is 1.91. The highest BCUT2D eigenvalue weighted by Crippen LogP contribution is 2.30. The van der Waals surface area contributed by atoms with Crippen LogP contribution in [0.15, 0.2) is 56.5 Å². The minimum Gasteiger partial charge on any atom is -0.459 e. The van der Waals surface area contributed by atoms with Crippen LogP contribution in [0.3, 0.4) is 0 Å². The number of hydrogen-bond acceptors (Lipinski definition) is 6. The molecule has 0 saturated carbocycles. The van der Waals surface area contributed by atoms with Gasteiger partial charge in [-0.05, 0) is 32.2 Å². The number of nitrogens with zero attached hydrogens (tertiary/aromatic N) is 2. The van der Waals surface area contributed by atoms with E-state index in [1.165, 1.54) is 4.90 Å². The molecule has 0 saturated heterocycles. The predicted octanol–water partition coefficient (Wildman–Crippen LogP) is 3.77. The number of thioether (sulfide) groups is 1. The molecule has 0 spiro atoms. The molecule has 120 valence electrons. The zero-order chi connectivity index (χ0) is 16.1. The van der Waals surface area contributed by atoms with E-state index in [4.69, 9.17) is 8.94 Å². The molecular formula is C17H19N3O2S. The molecule has 1 N–H and O–H groups in total. The van der Waals surface area contributed by atoms with E-state index in [1.807, 2.05) is 31.3 Å². The lowest BCUT2D eigenvalue weighted by Crippen LogP contribution is -2.24. The van der Waals surface area contributed by atoms with Crippen LogP contribution >= 0.6 is 11.8 Å². The van der Waals surface area contributed by atoms with Crippen LogP contribution in [-0.2, 0) is 12.2 Å². The van der Waals surface area contributed by atoms with Crippen molar-refractivity contribution in [3.05, 3.63) is 54.0 Å². The molecule has 2 aromatic heterocycles. The highest BCUT2D eigenvalue weighted by molar-refractivity contribution is 7.98. The van der Waals surface area contributed by atoms with Gasteiger partial charge in [0.2, 0.25) is 0 Å². The Bertz CT molecular complexity index is 739. The zero-order valence-electron chi connectivity index (χ0n) is 13.2. The van der Waals surface area contributed by atoms with Crippen molar-refractivity contribution in [1.29, 1.82) is 0 Å². The summed E-state index contributed by atoms with van der Waals surface area (Å²) >= 11 is 1.75. The molecule has 0 aliphatic heterocycles. The van der Waals surface area contributed by atoms with Crippen LogP contribution < -0.4 is 5.32 Å². The Morgan fingerprint density at radius 1 is 1.22 bits per heavy atom. The molecule has 0 fully saturated rings. The van der Waals surface area contributed by atoms with Crippen molar-refractivity contribution in [1.82, 2.24) is 15.5 Å². The normalized spacial score (nSPS) is 12.4. The lowest BCUT2D eigenvalue weighted by Gasteiger charge is -2.04. The van der Waals surface area contributed by atoms with Gasteiger partial charge in [-0.25, -0.2) is 0 Å². The summed E-state index contributed by atoms with van der Waals surface area (Å²) in [6, 6.07) is 12.5. The molecule has 6 heteroatoms. The van der Waals surface area contributed by atoms with Gasteiger partial charge in [0.25, 0.3) is 5.89 Å². The maximum Gasteiger partial charge on any atom is 0.293 e. The molecular weight excluding hydrogens is 310 g/mol. The standard InChI is InChI=1S/C17H19N3O2S/c1-12(18-2)10-15-19-17(22-20-15)16-13(8-9-21-16)11-23-14-6-4-3-5-7-14/h3-9,12,18H,10-11H2,1-2H3. The fourth-order valence-corrected chi connectivity index (χ4v) is 3.02. The van der Waals surface area contributed by atoms with E-state index in [9.17, 15) is 0 Å². The number of nitrogens with one attached hydrogen (secondary N) is 1. The third-order valence-electron chi connectivity index (χ3n) is 3.53. The van der Waals surface area contributed by atoms with Crippen LogP contribution in [0.4, 0.5) is 0 Å². The van der Waals surface area contributed by atoms with E-state index in [0.717, 1.165) is 17.7 Å². The first kappa shape index (κ1) is 15.8. The third kappa shape index (κ3) is 4.03. The second-order valence-electron chi connectivity index (χ2n) is 5.29. The predicted molar refractivity (Wildman–Crippen MR) is 90.2 cm³/mol. The maximum absolute atomic E-state index is 5.56. The molecule has 2 heterocycles. The van der Waals surface area contributed by atoms with Crippen LogP contribution in [0.5, 0.6) is 0 Å². The minimum absolute atomic E-state index is 0.296. The second-order valence-corrected chi connectivity index (χ2v) is 6.34. The second kappa shape index (κ2) is 7.48. The van der Waals surface area contributed by atoms with Gasteiger partial charge in [-0.2, -0.15) is 4.98 Å². The van der Waals surface area contributed by atoms with Crippen LogP contribution in [0.25, 0.3) is 11.7 Å². The highest BCUT2D eigenvalue weighted by atomic mass is 32.2. The average molecular weight is 329 g/mol. The number of aromatic nitrogens is 2. The van der Waals surface area contributed by atoms with Crippen molar-refractivity contribution in [2.75, 3.05) is 7.05 Å². The van der Waals surface area contributed by atoms with Gasteiger partial charge in [-0.1, -0.05) is 23.4 Å². The van der Waals surface area contributed by atoms with Gasteiger partial charge in [0.05, 0.1) is 6.26 Å². The fraction of sp³-hybridized carbons (Fsp3) is 0.294. The Morgan fingerprint density at radius 3 is 2.83 bits per heavy atom. The number of furan rings is 1. The first-order valence-corrected chi connectivity index (χ1v) is 8.49. The Balaban J connectivity index is 1.71. The first-order valence-electron chi connectivity index (χ1n) is 7.50. The molecule has 1 atom stereocenters. The van der Waals surface area contributed by atoms with Gasteiger partial charge in [-0.15, -0.1) is 11.8 Å². The zero-order valence-corrected chi connectivity index (χ0v) is 14.0. The average Bonchev–Trinajstić information content (AvgIpc) is 3.22. The van der Waals surface area contributed by atoms with E-state index >= 15 is 0 Å². The summed E-state index contributed by atoms with van der Waals surface area (Å²) < 4.78 is 10.9. The maximum atomic E-state index is 5.56. The molecule has 5 nitrogen and oxygen atoms in total. The van der Waals surface area contributed by atoms with E-state index < -0.39 is 0 Å². The van der Waals surface area contributed by atoms with Crippen LogP contribution in [0.1, 0.15) is 18.3 Å². The number of likely N-dealkylation sites (N-methyl/N-ethyl adjacent to an activating group) is 1. The Labute approximate surface area is 139 Å². The SMILES string of the molecule is CNC(C)Cc1noc(-c2occc2CSc2ccccc2)n1. The van der Waals surface area contributed by atoms with Crippen molar-refractivity contribution < 1.29 is 8.94 Å². The number of hydrogen-bond donors (Lipinski definition) is 1. The number of rotatable bonds is 7. The van der Waals surface area contributed by atoms with Crippen molar-refractivity contribution >= 4 is 11.8 Å². The molecule has 23 heavy (non-hydrogen) atoms. The Kier molecular flexibility index (Phi) is 5.15. The van der Waals surface area contributed by atoms with E-state index in [0.29, 0.717) is 23.5 Å². The summed E-state index contributed by atoms with van der Waals surface area (Å²) in [6.45, 7) is 2.07. The van der Waals surface area contributed by atoms with E-state index in [1.54, 1.807) is 18.0 Å². The van der Waals surface area contributed by atoms with Gasteiger partial charge in [-0.3, -0.25) is 0 Å². The molecule has 1 unspecified atom stereocenters. The minimum atomic E-state index is 0.296. The van der Waals surface area contributed by atoms with Crippen molar-refractivity contribution in [2.24, 2.45) is 0 Å². The van der Waals surface area contributed by atoms with Crippen molar-refractivity contribution in [3.63, 3.8) is 0 Å². The lowest BCUT2D eigenvalue weighted by molar-refractivity contribution is 0.405. The summed E-state index contributed by atoms with van der Waals surface area (Å²) in [6.07, 6.45) is 2.38. The molecule has 0 bridgehead atoms. The van der Waals surface area contributed by atoms with Gasteiger partial charge in [0.15, 0.2) is 11.6 Å². The molecule has 0 radical (unpaired) electrons. The van der Waals surface area contributed by atoms with Crippen LogP contribution in [0.2, 0.25) is 0 Å². The summed E-state index contributed by atoms with van der Waals surface area (Å²) in [5, 5.41) is 7.19. The van der Waals surface area contributed by atoms with E-state index in [-0.39, 0.29) is 0 Å². The lowest BCUT2D eigenvalue weighted by atomic mass is 10.2. The Hall–Kier alpha value is -2.05. The van der Waals surface area contributed by atoms with Crippen LogP contribution in [-0.4, -0.2) is 23.2 Å². The van der Waals surface area contributed by atoms with Crippen molar-refractivity contribution in [3.8, 4) is 11.7 Å². The quantitative estimate of drug-likeness (QED) is 0.666. The van der Waals surface area contributed by atoms with Crippen molar-refractivity contribution in [2.45, 2.75) is 30.0 Å². The molecule has 3 rings (SSSR count). The summed E-state index contributed by atoms with van der Waals surface area (Å²) in [4.78, 5) is 5.65. The van der Waals surface area contributed by atoms with Gasteiger partial charge in [0, 0.05) is 28.7 Å². The van der Waals surface area contributed by atoms with Crippen LogP contribution in [0, 0.1) is 0 Å². The number of benzene rings is 1. The molecule has 1 aromatic carbocycles. The largest absolute Gasteiger partial charge is 0.459 e. The molecule has 0 aliphatic carbocycles. The highest BCUT2D eigenvalue weighted by Gasteiger charge is 2.17. The fourth-order valence-electron chi connectivity index (χ4n) is 2.12. The molecule has 0 amide bonds. The first-order chi connectivity index (χ1) is 11.3. The van der Waals surface area contributed by atoms with E-state index in [2.05, 4.69) is 34.5 Å². The summed E-state index contributed by atoms with van der Waals surface area (Å²) in [5.41, 5.74) is 1.05. The summed E-state index contributed by atoms with van der Waals surface area (Å²) in [5.74, 6) is 2.57. The Morgan fingerprint density at radius 2 is 2.04 bits per heavy atom. The van der Waals surface area contributed by atoms with Gasteiger partial charge in [0.1, 0.15) is 0 Å². The topological polar surface area (TPSA) is 64.1 Å².